The summed E-state index contributed by atoms with van der Waals surface area (Å²) in [6, 6.07) is 3.09. The third-order valence-corrected chi connectivity index (χ3v) is 4.17. The van der Waals surface area contributed by atoms with Crippen molar-refractivity contribution in [2.45, 2.75) is 42.9 Å². The number of hydrogen-bond donors (Lipinski definition) is 1. The van der Waals surface area contributed by atoms with Crippen LogP contribution in [-0.2, 0) is 6.18 Å². The van der Waals surface area contributed by atoms with Gasteiger partial charge < -0.3 is 5.32 Å². The van der Waals surface area contributed by atoms with E-state index in [0.29, 0.717) is 11.1 Å². The molecule has 106 valence electrons. The lowest BCUT2D eigenvalue weighted by atomic mass is 10.0. The van der Waals surface area contributed by atoms with Gasteiger partial charge in [-0.15, -0.1) is 11.8 Å². The third-order valence-electron chi connectivity index (χ3n) is 3.19. The van der Waals surface area contributed by atoms with E-state index in [9.17, 15) is 13.2 Å². The quantitative estimate of drug-likeness (QED) is 0.855. The van der Waals surface area contributed by atoms with Crippen LogP contribution in [0.25, 0.3) is 0 Å². The summed E-state index contributed by atoms with van der Waals surface area (Å²) < 4.78 is 37.1. The van der Waals surface area contributed by atoms with Crippen LogP contribution in [0.4, 0.5) is 13.2 Å². The maximum absolute atomic E-state index is 12.4. The van der Waals surface area contributed by atoms with Gasteiger partial charge in [0.1, 0.15) is 0 Å². The predicted octanol–water partition coefficient (Wildman–Crippen LogP) is 3.72. The van der Waals surface area contributed by atoms with E-state index >= 15 is 0 Å². The molecule has 19 heavy (non-hydrogen) atoms. The molecule has 1 aromatic heterocycles. The molecule has 1 N–H and O–H groups in total. The fourth-order valence-corrected chi connectivity index (χ4v) is 3.01. The molecule has 2 rings (SSSR count). The number of nitrogens with one attached hydrogen (secondary N) is 1. The number of aromatic nitrogens is 1. The van der Waals surface area contributed by atoms with E-state index in [4.69, 9.17) is 0 Å². The van der Waals surface area contributed by atoms with Crippen molar-refractivity contribution < 1.29 is 13.2 Å². The molecule has 0 amide bonds. The van der Waals surface area contributed by atoms with Gasteiger partial charge in [0.25, 0.3) is 0 Å². The first-order chi connectivity index (χ1) is 9.05. The highest BCUT2D eigenvalue weighted by atomic mass is 32.2. The molecule has 6 heteroatoms. The summed E-state index contributed by atoms with van der Waals surface area (Å²) in [4.78, 5) is 3.85. The lowest BCUT2D eigenvalue weighted by molar-refractivity contribution is -0.137. The van der Waals surface area contributed by atoms with Gasteiger partial charge >= 0.3 is 6.18 Å². The van der Waals surface area contributed by atoms with E-state index < -0.39 is 11.7 Å². The smallest absolute Gasteiger partial charge is 0.314 e. The highest BCUT2D eigenvalue weighted by Gasteiger charge is 2.30. The van der Waals surface area contributed by atoms with Gasteiger partial charge in [0, 0.05) is 18.0 Å². The number of nitrogens with zero attached hydrogens (tertiary/aromatic N) is 1. The molecule has 1 aliphatic heterocycles. The molecular formula is C13H17F3N2S. The first kappa shape index (κ1) is 14.7. The number of hydrogen-bond acceptors (Lipinski definition) is 3. The van der Waals surface area contributed by atoms with Gasteiger partial charge in [-0.25, -0.2) is 4.98 Å². The molecule has 1 aromatic rings. The zero-order valence-corrected chi connectivity index (χ0v) is 11.4. The Balaban J connectivity index is 1.76. The fourth-order valence-electron chi connectivity index (χ4n) is 2.11. The van der Waals surface area contributed by atoms with Gasteiger partial charge in [-0.2, -0.15) is 13.2 Å². The van der Waals surface area contributed by atoms with Crippen LogP contribution in [0.2, 0.25) is 0 Å². The van der Waals surface area contributed by atoms with Gasteiger partial charge in [0.15, 0.2) is 0 Å². The summed E-state index contributed by atoms with van der Waals surface area (Å²) in [6.07, 6.45) is 1.34. The zero-order valence-electron chi connectivity index (χ0n) is 10.5. The Labute approximate surface area is 115 Å². The van der Waals surface area contributed by atoms with Crippen LogP contribution >= 0.6 is 11.8 Å². The number of rotatable bonds is 4. The lowest BCUT2D eigenvalue weighted by Crippen LogP contribution is -2.34. The predicted molar refractivity (Wildman–Crippen MR) is 70.2 cm³/mol. The number of piperidine rings is 1. The van der Waals surface area contributed by atoms with Crippen molar-refractivity contribution in [3.63, 3.8) is 0 Å². The largest absolute Gasteiger partial charge is 0.417 e. The Morgan fingerprint density at radius 3 is 2.74 bits per heavy atom. The van der Waals surface area contributed by atoms with Crippen LogP contribution in [0.1, 0.15) is 31.2 Å². The molecule has 0 aliphatic carbocycles. The van der Waals surface area contributed by atoms with Crippen LogP contribution in [-0.4, -0.2) is 23.3 Å². The highest BCUT2D eigenvalue weighted by Crippen LogP contribution is 2.29. The SMILES string of the molecule is FC(F)(F)c1ccc(SCCC2CCCCN2)nc1. The number of halogens is 3. The van der Waals surface area contributed by atoms with Crippen LogP contribution in [0.3, 0.4) is 0 Å². The van der Waals surface area contributed by atoms with E-state index in [2.05, 4.69) is 10.3 Å². The van der Waals surface area contributed by atoms with E-state index in [-0.39, 0.29) is 0 Å². The molecule has 1 atom stereocenters. The fraction of sp³-hybridized carbons (Fsp3) is 0.615. The third kappa shape index (κ3) is 4.69. The Morgan fingerprint density at radius 1 is 1.32 bits per heavy atom. The van der Waals surface area contributed by atoms with Gasteiger partial charge in [-0.3, -0.25) is 0 Å². The first-order valence-electron chi connectivity index (χ1n) is 6.45. The molecule has 1 fully saturated rings. The molecular weight excluding hydrogens is 273 g/mol. The van der Waals surface area contributed by atoms with Gasteiger partial charge in [0.05, 0.1) is 10.6 Å². The molecule has 0 spiro atoms. The topological polar surface area (TPSA) is 24.9 Å². The summed E-state index contributed by atoms with van der Waals surface area (Å²) in [5, 5.41) is 4.11. The normalized spacial score (nSPS) is 20.5. The first-order valence-corrected chi connectivity index (χ1v) is 7.44. The van der Waals surface area contributed by atoms with Crippen LogP contribution < -0.4 is 5.32 Å². The highest BCUT2D eigenvalue weighted by molar-refractivity contribution is 7.99. The molecule has 1 saturated heterocycles. The number of pyridine rings is 1. The lowest BCUT2D eigenvalue weighted by Gasteiger charge is -2.22. The van der Waals surface area contributed by atoms with Crippen LogP contribution in [0.5, 0.6) is 0 Å². The van der Waals surface area contributed by atoms with Crippen molar-refractivity contribution in [3.8, 4) is 0 Å². The molecule has 1 unspecified atom stereocenters. The van der Waals surface area contributed by atoms with Gasteiger partial charge in [-0.05, 0) is 37.9 Å². The minimum absolute atomic E-state index is 0.552. The second-order valence-electron chi connectivity index (χ2n) is 4.67. The van der Waals surface area contributed by atoms with E-state index in [1.54, 1.807) is 0 Å². The van der Waals surface area contributed by atoms with Crippen molar-refractivity contribution in [2.24, 2.45) is 0 Å². The summed E-state index contributed by atoms with van der Waals surface area (Å²) in [7, 11) is 0. The average molecular weight is 290 g/mol. The van der Waals surface area contributed by atoms with Gasteiger partial charge in [0.2, 0.25) is 0 Å². The van der Waals surface area contributed by atoms with Crippen molar-refractivity contribution in [2.75, 3.05) is 12.3 Å². The second kappa shape index (κ2) is 6.61. The average Bonchev–Trinajstić information content (AvgIpc) is 2.39. The van der Waals surface area contributed by atoms with E-state index in [0.717, 1.165) is 31.0 Å². The summed E-state index contributed by atoms with van der Waals surface area (Å²) in [5.41, 5.74) is -0.689. The minimum Gasteiger partial charge on any atom is -0.314 e. The number of alkyl halides is 3. The second-order valence-corrected chi connectivity index (χ2v) is 5.78. The summed E-state index contributed by atoms with van der Waals surface area (Å²) in [6.45, 7) is 1.08. The zero-order chi connectivity index (χ0) is 13.7. The molecule has 0 bridgehead atoms. The van der Waals surface area contributed by atoms with E-state index in [1.165, 1.54) is 37.1 Å². The molecule has 0 aromatic carbocycles. The Hall–Kier alpha value is -0.750. The molecule has 2 heterocycles. The molecule has 1 aliphatic rings. The minimum atomic E-state index is -4.30. The van der Waals surface area contributed by atoms with Crippen molar-refractivity contribution >= 4 is 11.8 Å². The maximum atomic E-state index is 12.4. The van der Waals surface area contributed by atoms with Gasteiger partial charge in [-0.1, -0.05) is 6.42 Å². The Bertz CT molecular complexity index is 386. The molecule has 0 radical (unpaired) electrons. The summed E-state index contributed by atoms with van der Waals surface area (Å²) in [5.74, 6) is 0.885. The standard InChI is InChI=1S/C13H17F3N2S/c14-13(15,16)10-4-5-12(18-9-10)19-8-6-11-3-1-2-7-17-11/h4-5,9,11,17H,1-3,6-8H2. The van der Waals surface area contributed by atoms with E-state index in [1.807, 2.05) is 0 Å². The van der Waals surface area contributed by atoms with Crippen LogP contribution in [0.15, 0.2) is 23.4 Å². The van der Waals surface area contributed by atoms with Crippen molar-refractivity contribution in [1.29, 1.82) is 0 Å². The monoisotopic (exact) mass is 290 g/mol. The van der Waals surface area contributed by atoms with Crippen molar-refractivity contribution in [1.82, 2.24) is 10.3 Å². The van der Waals surface area contributed by atoms with Crippen LogP contribution in [0, 0.1) is 0 Å². The Kier molecular flexibility index (Phi) is 5.10. The van der Waals surface area contributed by atoms with Crippen molar-refractivity contribution in [3.05, 3.63) is 23.9 Å². The molecule has 0 saturated carbocycles. The summed E-state index contributed by atoms with van der Waals surface area (Å²) >= 11 is 1.51. The Morgan fingerprint density at radius 2 is 2.16 bits per heavy atom. The maximum Gasteiger partial charge on any atom is 0.417 e. The molecule has 2 nitrogen and oxygen atoms in total. The number of thioether (sulfide) groups is 1.